The molecule has 19 heavy (non-hydrogen) atoms. The smallest absolute Gasteiger partial charge is 0.253 e. The summed E-state index contributed by atoms with van der Waals surface area (Å²) in [5.74, 6) is 0.770. The zero-order chi connectivity index (χ0) is 14.2. The van der Waals surface area contributed by atoms with E-state index in [0.29, 0.717) is 11.6 Å². The van der Waals surface area contributed by atoms with Crippen LogP contribution in [0.5, 0.6) is 0 Å². The van der Waals surface area contributed by atoms with Crippen molar-refractivity contribution in [2.24, 2.45) is 5.92 Å². The van der Waals surface area contributed by atoms with Crippen molar-refractivity contribution in [2.45, 2.75) is 25.8 Å². The van der Waals surface area contributed by atoms with E-state index < -0.39 is 0 Å². The van der Waals surface area contributed by atoms with Crippen molar-refractivity contribution in [3.63, 3.8) is 0 Å². The predicted molar refractivity (Wildman–Crippen MR) is 79.5 cm³/mol. The lowest BCUT2D eigenvalue weighted by Gasteiger charge is -2.28. The SMILES string of the molecule is CC(C1CC1)N(C)c1cc(C(=O)N(C)C)ccc1N. The Bertz CT molecular complexity index is 480. The molecule has 2 rings (SSSR count). The van der Waals surface area contributed by atoms with Gasteiger partial charge in [-0.25, -0.2) is 0 Å². The monoisotopic (exact) mass is 261 g/mol. The van der Waals surface area contributed by atoms with Crippen LogP contribution in [-0.4, -0.2) is 38.0 Å². The Kier molecular flexibility index (Phi) is 3.69. The van der Waals surface area contributed by atoms with Crippen LogP contribution in [0, 0.1) is 5.92 Å². The van der Waals surface area contributed by atoms with Gasteiger partial charge >= 0.3 is 0 Å². The highest BCUT2D eigenvalue weighted by Crippen LogP contribution is 2.37. The summed E-state index contributed by atoms with van der Waals surface area (Å²) in [7, 11) is 5.57. The molecule has 2 N–H and O–H groups in total. The highest BCUT2D eigenvalue weighted by molar-refractivity contribution is 5.96. The molecule has 0 heterocycles. The van der Waals surface area contributed by atoms with Gasteiger partial charge in [0.2, 0.25) is 0 Å². The van der Waals surface area contributed by atoms with Crippen LogP contribution in [0.2, 0.25) is 0 Å². The summed E-state index contributed by atoms with van der Waals surface area (Å²) in [4.78, 5) is 15.8. The van der Waals surface area contributed by atoms with E-state index in [2.05, 4.69) is 18.9 Å². The van der Waals surface area contributed by atoms with Crippen LogP contribution in [0.15, 0.2) is 18.2 Å². The summed E-state index contributed by atoms with van der Waals surface area (Å²) in [6, 6.07) is 5.97. The summed E-state index contributed by atoms with van der Waals surface area (Å²) in [6.07, 6.45) is 2.59. The molecule has 0 saturated heterocycles. The number of nitrogen functional groups attached to an aromatic ring is 1. The number of nitrogens with zero attached hydrogens (tertiary/aromatic N) is 2. The van der Waals surface area contributed by atoms with E-state index in [4.69, 9.17) is 5.73 Å². The zero-order valence-electron chi connectivity index (χ0n) is 12.2. The van der Waals surface area contributed by atoms with Crippen LogP contribution in [0.25, 0.3) is 0 Å². The lowest BCUT2D eigenvalue weighted by Crippen LogP contribution is -2.31. The van der Waals surface area contributed by atoms with Gasteiger partial charge in [-0.05, 0) is 43.9 Å². The van der Waals surface area contributed by atoms with Gasteiger partial charge in [-0.3, -0.25) is 4.79 Å². The quantitative estimate of drug-likeness (QED) is 0.845. The van der Waals surface area contributed by atoms with Crippen LogP contribution < -0.4 is 10.6 Å². The molecule has 1 aliphatic carbocycles. The third kappa shape index (κ3) is 2.83. The Morgan fingerprint density at radius 2 is 1.95 bits per heavy atom. The molecule has 1 atom stereocenters. The minimum Gasteiger partial charge on any atom is -0.397 e. The number of hydrogen-bond donors (Lipinski definition) is 1. The first kappa shape index (κ1) is 13.7. The average molecular weight is 261 g/mol. The molecule has 4 heteroatoms. The first-order chi connectivity index (χ1) is 8.91. The minimum absolute atomic E-state index is 0.00808. The van der Waals surface area contributed by atoms with E-state index in [-0.39, 0.29) is 5.91 Å². The van der Waals surface area contributed by atoms with E-state index in [0.717, 1.165) is 17.3 Å². The van der Waals surface area contributed by atoms with Crippen LogP contribution in [0.4, 0.5) is 11.4 Å². The first-order valence-electron chi connectivity index (χ1n) is 6.76. The Labute approximate surface area is 115 Å². The fourth-order valence-corrected chi connectivity index (χ4v) is 2.35. The van der Waals surface area contributed by atoms with Crippen molar-refractivity contribution in [1.82, 2.24) is 4.90 Å². The van der Waals surface area contributed by atoms with Gasteiger partial charge in [0.1, 0.15) is 0 Å². The Balaban J connectivity index is 2.28. The van der Waals surface area contributed by atoms with Crippen molar-refractivity contribution in [3.05, 3.63) is 23.8 Å². The molecule has 1 aliphatic rings. The molecule has 1 aromatic rings. The first-order valence-corrected chi connectivity index (χ1v) is 6.76. The summed E-state index contributed by atoms with van der Waals surface area (Å²) in [6.45, 7) is 2.22. The molecule has 0 aromatic heterocycles. The Morgan fingerprint density at radius 3 is 2.47 bits per heavy atom. The van der Waals surface area contributed by atoms with Gasteiger partial charge in [0.25, 0.3) is 5.91 Å². The number of carbonyl (C=O) groups excluding carboxylic acids is 1. The molecule has 0 radical (unpaired) electrons. The second-order valence-corrected chi connectivity index (χ2v) is 5.66. The lowest BCUT2D eigenvalue weighted by molar-refractivity contribution is 0.0827. The normalized spacial score (nSPS) is 16.0. The van der Waals surface area contributed by atoms with Gasteiger partial charge in [0, 0.05) is 32.7 Å². The predicted octanol–water partition coefficient (Wildman–Crippen LogP) is 2.21. The number of anilines is 2. The molecular weight excluding hydrogens is 238 g/mol. The van der Waals surface area contributed by atoms with Crippen molar-refractivity contribution in [3.8, 4) is 0 Å². The number of rotatable bonds is 4. The molecule has 4 nitrogen and oxygen atoms in total. The third-order valence-corrected chi connectivity index (χ3v) is 3.98. The van der Waals surface area contributed by atoms with Crippen LogP contribution in [-0.2, 0) is 0 Å². The number of benzene rings is 1. The maximum atomic E-state index is 12.0. The maximum absolute atomic E-state index is 12.0. The molecule has 1 fully saturated rings. The van der Waals surface area contributed by atoms with E-state index in [9.17, 15) is 4.79 Å². The van der Waals surface area contributed by atoms with Crippen LogP contribution in [0.3, 0.4) is 0 Å². The number of amides is 1. The standard InChI is InChI=1S/C15H23N3O/c1-10(11-5-6-11)18(4)14-9-12(7-8-13(14)16)15(19)17(2)3/h7-11H,5-6,16H2,1-4H3. The van der Waals surface area contributed by atoms with E-state index in [1.807, 2.05) is 12.1 Å². The van der Waals surface area contributed by atoms with Gasteiger partial charge in [0.05, 0.1) is 11.4 Å². The maximum Gasteiger partial charge on any atom is 0.253 e. The molecule has 0 aliphatic heterocycles. The summed E-state index contributed by atoms with van der Waals surface area (Å²) >= 11 is 0. The van der Waals surface area contributed by atoms with E-state index in [1.165, 1.54) is 12.8 Å². The summed E-state index contributed by atoms with van der Waals surface area (Å²) < 4.78 is 0. The molecule has 0 bridgehead atoms. The highest BCUT2D eigenvalue weighted by Gasteiger charge is 2.31. The second kappa shape index (κ2) is 5.11. The second-order valence-electron chi connectivity index (χ2n) is 5.66. The Morgan fingerprint density at radius 1 is 1.32 bits per heavy atom. The highest BCUT2D eigenvalue weighted by atomic mass is 16.2. The van der Waals surface area contributed by atoms with Crippen LogP contribution >= 0.6 is 0 Å². The number of carbonyl (C=O) groups is 1. The van der Waals surface area contributed by atoms with Gasteiger partial charge in [-0.1, -0.05) is 0 Å². The molecule has 0 spiro atoms. The third-order valence-electron chi connectivity index (χ3n) is 3.98. The van der Waals surface area contributed by atoms with E-state index in [1.54, 1.807) is 25.1 Å². The molecule has 1 unspecified atom stereocenters. The van der Waals surface area contributed by atoms with Crippen molar-refractivity contribution < 1.29 is 4.79 Å². The number of hydrogen-bond acceptors (Lipinski definition) is 3. The molecule has 104 valence electrons. The molecule has 1 saturated carbocycles. The fourth-order valence-electron chi connectivity index (χ4n) is 2.35. The average Bonchev–Trinajstić information content (AvgIpc) is 3.21. The zero-order valence-corrected chi connectivity index (χ0v) is 12.2. The summed E-state index contributed by atoms with van der Waals surface area (Å²) in [5, 5.41) is 0. The van der Waals surface area contributed by atoms with Gasteiger partial charge < -0.3 is 15.5 Å². The molecule has 1 aromatic carbocycles. The largest absolute Gasteiger partial charge is 0.397 e. The van der Waals surface area contributed by atoms with Crippen molar-refractivity contribution >= 4 is 17.3 Å². The Hall–Kier alpha value is -1.71. The van der Waals surface area contributed by atoms with Crippen molar-refractivity contribution in [1.29, 1.82) is 0 Å². The fraction of sp³-hybridized carbons (Fsp3) is 0.533. The van der Waals surface area contributed by atoms with Gasteiger partial charge in [0.15, 0.2) is 0 Å². The summed E-state index contributed by atoms with van der Waals surface area (Å²) in [5.41, 5.74) is 8.42. The molecule has 1 amide bonds. The molecular formula is C15H23N3O. The van der Waals surface area contributed by atoms with E-state index >= 15 is 0 Å². The number of nitrogens with two attached hydrogens (primary N) is 1. The van der Waals surface area contributed by atoms with Gasteiger partial charge in [-0.15, -0.1) is 0 Å². The lowest BCUT2D eigenvalue weighted by atomic mass is 10.1. The van der Waals surface area contributed by atoms with Gasteiger partial charge in [-0.2, -0.15) is 0 Å². The van der Waals surface area contributed by atoms with Crippen LogP contribution in [0.1, 0.15) is 30.1 Å². The topological polar surface area (TPSA) is 49.6 Å². The van der Waals surface area contributed by atoms with Crippen molar-refractivity contribution in [2.75, 3.05) is 31.8 Å². The minimum atomic E-state index is 0.00808.